The van der Waals surface area contributed by atoms with E-state index in [1.54, 1.807) is 29.4 Å². The summed E-state index contributed by atoms with van der Waals surface area (Å²) in [4.78, 5) is 28.4. The molecule has 3 rings (SSSR count). The van der Waals surface area contributed by atoms with Crippen molar-refractivity contribution < 1.29 is 14.3 Å². The van der Waals surface area contributed by atoms with Gasteiger partial charge in [-0.25, -0.2) is 4.79 Å². The average Bonchev–Trinajstić information content (AvgIpc) is 3.32. The number of hydrogen-bond donors (Lipinski definition) is 0. The largest absolute Gasteiger partial charge is 0.451 e. The normalized spacial score (nSPS) is 10.4. The molecule has 0 atom stereocenters. The van der Waals surface area contributed by atoms with Gasteiger partial charge >= 0.3 is 5.97 Å². The first-order valence-electron chi connectivity index (χ1n) is 7.72. The van der Waals surface area contributed by atoms with Crippen LogP contribution in [-0.4, -0.2) is 30.4 Å². The summed E-state index contributed by atoms with van der Waals surface area (Å²) in [7, 11) is 1.70. The fraction of sp³-hybridized carbons (Fsp3) is 0.158. The molecule has 25 heavy (non-hydrogen) atoms. The zero-order chi connectivity index (χ0) is 17.6. The van der Waals surface area contributed by atoms with Crippen LogP contribution in [0.5, 0.6) is 0 Å². The number of amides is 1. The van der Waals surface area contributed by atoms with Crippen molar-refractivity contribution in [2.45, 2.75) is 6.54 Å². The Balaban J connectivity index is 1.54. The number of esters is 1. The van der Waals surface area contributed by atoms with Crippen LogP contribution in [0, 0.1) is 0 Å². The number of carbonyl (C=O) groups excluding carboxylic acids is 2. The second-order valence-electron chi connectivity index (χ2n) is 5.44. The van der Waals surface area contributed by atoms with Gasteiger partial charge in [-0.15, -0.1) is 22.7 Å². The van der Waals surface area contributed by atoms with Crippen LogP contribution in [-0.2, 0) is 16.1 Å². The van der Waals surface area contributed by atoms with E-state index in [4.69, 9.17) is 4.74 Å². The number of carbonyl (C=O) groups is 2. The number of benzene rings is 1. The predicted octanol–water partition coefficient (Wildman–Crippen LogP) is 4.29. The molecule has 1 amide bonds. The molecular weight excluding hydrogens is 354 g/mol. The summed E-state index contributed by atoms with van der Waals surface area (Å²) < 4.78 is 5.16. The maximum atomic E-state index is 12.2. The quantitative estimate of drug-likeness (QED) is 0.607. The minimum absolute atomic E-state index is 0.221. The number of rotatable bonds is 6. The lowest BCUT2D eigenvalue weighted by atomic mass is 10.2. The summed E-state index contributed by atoms with van der Waals surface area (Å²) in [5, 5.41) is 1.97. The first-order valence-corrected chi connectivity index (χ1v) is 9.42. The highest BCUT2D eigenvalue weighted by molar-refractivity contribution is 7.17. The van der Waals surface area contributed by atoms with Crippen molar-refractivity contribution in [1.29, 1.82) is 0 Å². The van der Waals surface area contributed by atoms with Crippen LogP contribution in [0.25, 0.3) is 10.4 Å². The molecule has 2 heterocycles. The Kier molecular flexibility index (Phi) is 5.63. The van der Waals surface area contributed by atoms with Gasteiger partial charge in [0.05, 0.1) is 6.54 Å². The van der Waals surface area contributed by atoms with Gasteiger partial charge in [-0.3, -0.25) is 4.79 Å². The third kappa shape index (κ3) is 4.55. The van der Waals surface area contributed by atoms with Crippen molar-refractivity contribution >= 4 is 34.6 Å². The van der Waals surface area contributed by atoms with Crippen molar-refractivity contribution in [3.8, 4) is 10.4 Å². The lowest BCUT2D eigenvalue weighted by Gasteiger charge is -2.15. The highest BCUT2D eigenvalue weighted by Crippen LogP contribution is 2.28. The van der Waals surface area contributed by atoms with Gasteiger partial charge in [0.25, 0.3) is 5.91 Å². The Morgan fingerprint density at radius 2 is 1.84 bits per heavy atom. The molecule has 1 aromatic carbocycles. The molecule has 0 unspecified atom stereocenters. The highest BCUT2D eigenvalue weighted by Gasteiger charge is 2.16. The van der Waals surface area contributed by atoms with Crippen LogP contribution in [0.2, 0.25) is 0 Å². The van der Waals surface area contributed by atoms with Crippen molar-refractivity contribution in [2.75, 3.05) is 13.7 Å². The van der Waals surface area contributed by atoms with Gasteiger partial charge in [-0.05, 0) is 29.1 Å². The Hall–Kier alpha value is -2.44. The SMILES string of the molecule is CN(Cc1cccs1)C(=O)COC(=O)c1ccc(-c2ccccc2)s1. The minimum atomic E-state index is -0.468. The van der Waals surface area contributed by atoms with Crippen LogP contribution >= 0.6 is 22.7 Å². The third-order valence-electron chi connectivity index (χ3n) is 3.59. The Morgan fingerprint density at radius 1 is 1.04 bits per heavy atom. The molecule has 3 aromatic rings. The van der Waals surface area contributed by atoms with Gasteiger partial charge in [-0.1, -0.05) is 36.4 Å². The fourth-order valence-electron chi connectivity index (χ4n) is 2.24. The second-order valence-corrected chi connectivity index (χ2v) is 7.55. The number of ether oxygens (including phenoxy) is 1. The lowest BCUT2D eigenvalue weighted by molar-refractivity contribution is -0.133. The molecule has 0 fully saturated rings. The zero-order valence-electron chi connectivity index (χ0n) is 13.7. The summed E-state index contributed by atoms with van der Waals surface area (Å²) in [5.41, 5.74) is 1.05. The molecule has 6 heteroatoms. The van der Waals surface area contributed by atoms with Gasteiger partial charge < -0.3 is 9.64 Å². The molecule has 0 spiro atoms. The molecule has 0 saturated carbocycles. The maximum absolute atomic E-state index is 12.2. The lowest BCUT2D eigenvalue weighted by Crippen LogP contribution is -2.30. The number of thiophene rings is 2. The van der Waals surface area contributed by atoms with E-state index in [0.29, 0.717) is 11.4 Å². The van der Waals surface area contributed by atoms with Crippen molar-refractivity contribution in [3.63, 3.8) is 0 Å². The number of hydrogen-bond acceptors (Lipinski definition) is 5. The van der Waals surface area contributed by atoms with Gasteiger partial charge in [0.1, 0.15) is 4.88 Å². The predicted molar refractivity (Wildman–Crippen MR) is 101 cm³/mol. The Bertz CT molecular complexity index is 841. The van der Waals surface area contributed by atoms with E-state index in [9.17, 15) is 9.59 Å². The Morgan fingerprint density at radius 3 is 2.56 bits per heavy atom. The summed E-state index contributed by atoms with van der Waals surface area (Å²) in [6.07, 6.45) is 0. The van der Waals surface area contributed by atoms with E-state index in [0.717, 1.165) is 15.3 Å². The van der Waals surface area contributed by atoms with E-state index in [2.05, 4.69) is 0 Å². The van der Waals surface area contributed by atoms with Crippen LogP contribution in [0.4, 0.5) is 0 Å². The molecule has 0 aliphatic rings. The maximum Gasteiger partial charge on any atom is 0.348 e. The van der Waals surface area contributed by atoms with Crippen molar-refractivity contribution in [3.05, 3.63) is 69.7 Å². The molecule has 2 aromatic heterocycles. The minimum Gasteiger partial charge on any atom is -0.451 e. The molecular formula is C19H17NO3S2. The zero-order valence-corrected chi connectivity index (χ0v) is 15.3. The number of likely N-dealkylation sites (N-methyl/N-ethyl adjacent to an activating group) is 1. The standard InChI is InChI=1S/C19H17NO3S2/c1-20(12-15-8-5-11-24-15)18(21)13-23-19(22)17-10-9-16(25-17)14-6-3-2-4-7-14/h2-11H,12-13H2,1H3. The Labute approximate surface area is 154 Å². The molecule has 0 bridgehead atoms. The summed E-state index contributed by atoms with van der Waals surface area (Å²) in [6.45, 7) is 0.268. The van der Waals surface area contributed by atoms with Gasteiger partial charge in [0.2, 0.25) is 0 Å². The molecule has 0 aliphatic heterocycles. The molecule has 0 aliphatic carbocycles. The summed E-state index contributed by atoms with van der Waals surface area (Å²) in [6, 6.07) is 17.4. The fourth-order valence-corrected chi connectivity index (χ4v) is 3.90. The molecule has 0 radical (unpaired) electrons. The first-order chi connectivity index (χ1) is 12.1. The van der Waals surface area contributed by atoms with E-state index < -0.39 is 5.97 Å². The molecule has 0 N–H and O–H groups in total. The third-order valence-corrected chi connectivity index (χ3v) is 5.57. The van der Waals surface area contributed by atoms with E-state index in [-0.39, 0.29) is 12.5 Å². The molecule has 4 nitrogen and oxygen atoms in total. The van der Waals surface area contributed by atoms with Gasteiger partial charge in [0.15, 0.2) is 6.61 Å². The van der Waals surface area contributed by atoms with E-state index in [1.807, 2.05) is 53.9 Å². The smallest absolute Gasteiger partial charge is 0.348 e. The number of nitrogens with zero attached hydrogens (tertiary/aromatic N) is 1. The van der Waals surface area contributed by atoms with Crippen LogP contribution in [0.15, 0.2) is 60.0 Å². The topological polar surface area (TPSA) is 46.6 Å². The van der Waals surface area contributed by atoms with E-state index >= 15 is 0 Å². The molecule has 0 saturated heterocycles. The van der Waals surface area contributed by atoms with Crippen LogP contribution in [0.1, 0.15) is 14.5 Å². The van der Waals surface area contributed by atoms with Crippen molar-refractivity contribution in [2.24, 2.45) is 0 Å². The van der Waals surface area contributed by atoms with Gasteiger partial charge in [0, 0.05) is 16.8 Å². The van der Waals surface area contributed by atoms with E-state index in [1.165, 1.54) is 11.3 Å². The summed E-state index contributed by atoms with van der Waals surface area (Å²) >= 11 is 2.95. The second kappa shape index (κ2) is 8.09. The van der Waals surface area contributed by atoms with Crippen LogP contribution < -0.4 is 0 Å². The van der Waals surface area contributed by atoms with Crippen molar-refractivity contribution in [1.82, 2.24) is 4.90 Å². The van der Waals surface area contributed by atoms with Crippen LogP contribution in [0.3, 0.4) is 0 Å². The average molecular weight is 371 g/mol. The summed E-state index contributed by atoms with van der Waals surface area (Å²) in [5.74, 6) is -0.688. The van der Waals surface area contributed by atoms with Gasteiger partial charge in [-0.2, -0.15) is 0 Å². The highest BCUT2D eigenvalue weighted by atomic mass is 32.1. The monoisotopic (exact) mass is 371 g/mol. The first kappa shape index (κ1) is 17.4. The molecule has 128 valence electrons.